The summed E-state index contributed by atoms with van der Waals surface area (Å²) in [5.74, 6) is -0.149. The van der Waals surface area contributed by atoms with Crippen LogP contribution in [-0.4, -0.2) is 57.8 Å². The van der Waals surface area contributed by atoms with Gasteiger partial charge in [0.15, 0.2) is 0 Å². The molecular formula is C28H28N5O5P. The second-order valence-electron chi connectivity index (χ2n) is 9.16. The van der Waals surface area contributed by atoms with Crippen molar-refractivity contribution < 1.29 is 23.7 Å². The van der Waals surface area contributed by atoms with E-state index in [9.17, 15) is 24.4 Å². The summed E-state index contributed by atoms with van der Waals surface area (Å²) in [5.41, 5.74) is 4.72. The summed E-state index contributed by atoms with van der Waals surface area (Å²) in [6, 6.07) is 18.6. The molecule has 0 saturated carbocycles. The van der Waals surface area contributed by atoms with Gasteiger partial charge in [0.25, 0.3) is 0 Å². The standard InChI is InChI=1S/C28H28N5O5P/c1-31(2)12-6-11-27(34)32(3)24-10-5-8-21(14-24)23-15-25-26(22-9-4-7-20(13-22)16-29)18-33(28(25)30-17-23)19-38-39(35,36)37/h4-11,13-15,17-18H,12,19H2,1-3H3,(H2,35,36,37)/b11-6+. The number of aromatic nitrogens is 2. The first-order chi connectivity index (χ1) is 18.6. The van der Waals surface area contributed by atoms with Crippen molar-refractivity contribution in [2.75, 3.05) is 32.6 Å². The van der Waals surface area contributed by atoms with Crippen LogP contribution in [0, 0.1) is 11.3 Å². The number of carbonyl (C=O) groups is 1. The first kappa shape index (κ1) is 27.9. The minimum Gasteiger partial charge on any atom is -0.312 e. The number of carbonyl (C=O) groups excluding carboxylic acids is 1. The second kappa shape index (κ2) is 11.7. The van der Waals surface area contributed by atoms with Crippen LogP contribution in [0.1, 0.15) is 5.56 Å². The number of phosphoric acid groups is 1. The highest BCUT2D eigenvalue weighted by atomic mass is 31.2. The molecule has 4 aromatic rings. The minimum absolute atomic E-state index is 0.149. The van der Waals surface area contributed by atoms with Gasteiger partial charge in [-0.1, -0.05) is 30.3 Å². The highest BCUT2D eigenvalue weighted by Crippen LogP contribution is 2.38. The van der Waals surface area contributed by atoms with Crippen LogP contribution in [0.3, 0.4) is 0 Å². The van der Waals surface area contributed by atoms with Crippen molar-refractivity contribution in [2.45, 2.75) is 6.73 Å². The Balaban J connectivity index is 1.75. The van der Waals surface area contributed by atoms with E-state index in [4.69, 9.17) is 4.52 Å². The van der Waals surface area contributed by atoms with E-state index in [1.165, 1.54) is 4.57 Å². The predicted molar refractivity (Wildman–Crippen MR) is 150 cm³/mol. The maximum Gasteiger partial charge on any atom is 0.471 e. The maximum atomic E-state index is 12.7. The molecule has 0 fully saturated rings. The largest absolute Gasteiger partial charge is 0.471 e. The topological polar surface area (TPSA) is 132 Å². The number of nitrogens with zero attached hydrogens (tertiary/aromatic N) is 5. The maximum absolute atomic E-state index is 12.7. The molecule has 0 radical (unpaired) electrons. The highest BCUT2D eigenvalue weighted by Gasteiger charge is 2.18. The van der Waals surface area contributed by atoms with Gasteiger partial charge in [0.2, 0.25) is 5.91 Å². The Kier molecular flexibility index (Phi) is 8.41. The molecule has 0 aliphatic rings. The van der Waals surface area contributed by atoms with Crippen molar-refractivity contribution >= 4 is 30.5 Å². The van der Waals surface area contributed by atoms with Crippen molar-refractivity contribution in [3.8, 4) is 28.3 Å². The van der Waals surface area contributed by atoms with Crippen LogP contribution < -0.4 is 4.90 Å². The Morgan fingerprint density at radius 1 is 1.10 bits per heavy atom. The molecular weight excluding hydrogens is 517 g/mol. The summed E-state index contributed by atoms with van der Waals surface area (Å²) in [6.45, 7) is 0.249. The van der Waals surface area contributed by atoms with Gasteiger partial charge in [0, 0.05) is 54.3 Å². The fraction of sp³-hybridized carbons (Fsp3) is 0.179. The van der Waals surface area contributed by atoms with E-state index in [0.717, 1.165) is 22.3 Å². The molecule has 0 unspecified atom stereocenters. The summed E-state index contributed by atoms with van der Waals surface area (Å²) in [4.78, 5) is 39.2. The number of nitriles is 1. The molecule has 11 heteroatoms. The highest BCUT2D eigenvalue weighted by molar-refractivity contribution is 7.46. The van der Waals surface area contributed by atoms with E-state index in [-0.39, 0.29) is 5.91 Å². The van der Waals surface area contributed by atoms with E-state index < -0.39 is 14.6 Å². The number of amides is 1. The van der Waals surface area contributed by atoms with Crippen LogP contribution in [0.15, 0.2) is 79.1 Å². The van der Waals surface area contributed by atoms with Gasteiger partial charge in [-0.25, -0.2) is 9.55 Å². The van der Waals surface area contributed by atoms with Gasteiger partial charge in [-0.05, 0) is 55.6 Å². The lowest BCUT2D eigenvalue weighted by molar-refractivity contribution is -0.113. The lowest BCUT2D eigenvalue weighted by atomic mass is 10.0. The molecule has 39 heavy (non-hydrogen) atoms. The van der Waals surface area contributed by atoms with E-state index >= 15 is 0 Å². The molecule has 0 atom stereocenters. The van der Waals surface area contributed by atoms with Gasteiger partial charge in [-0.2, -0.15) is 5.26 Å². The fourth-order valence-electron chi connectivity index (χ4n) is 4.05. The molecule has 200 valence electrons. The number of benzene rings is 2. The number of fused-ring (bicyclic) bond motifs is 1. The van der Waals surface area contributed by atoms with Gasteiger partial charge in [0.1, 0.15) is 12.4 Å². The molecule has 10 nitrogen and oxygen atoms in total. The monoisotopic (exact) mass is 545 g/mol. The van der Waals surface area contributed by atoms with Crippen molar-refractivity contribution in [1.82, 2.24) is 14.5 Å². The van der Waals surface area contributed by atoms with E-state index in [2.05, 4.69) is 11.1 Å². The molecule has 2 aromatic carbocycles. The van der Waals surface area contributed by atoms with Crippen LogP contribution in [0.5, 0.6) is 0 Å². The van der Waals surface area contributed by atoms with Crippen LogP contribution in [-0.2, 0) is 20.6 Å². The summed E-state index contributed by atoms with van der Waals surface area (Å²) >= 11 is 0. The number of rotatable bonds is 9. The molecule has 0 saturated heterocycles. The molecule has 2 aromatic heterocycles. The quantitative estimate of drug-likeness (QED) is 0.234. The Hall–Kier alpha value is -4.10. The van der Waals surface area contributed by atoms with Gasteiger partial charge >= 0.3 is 7.82 Å². The van der Waals surface area contributed by atoms with E-state index in [1.807, 2.05) is 61.5 Å². The first-order valence-electron chi connectivity index (χ1n) is 11.9. The van der Waals surface area contributed by atoms with Gasteiger partial charge in [-0.15, -0.1) is 0 Å². The van der Waals surface area contributed by atoms with Crippen molar-refractivity contribution in [2.24, 2.45) is 0 Å². The number of anilines is 1. The first-order valence-corrected chi connectivity index (χ1v) is 13.5. The average Bonchev–Trinajstić information content (AvgIpc) is 3.29. The van der Waals surface area contributed by atoms with Crippen molar-refractivity contribution in [3.05, 3.63) is 84.7 Å². The molecule has 2 N–H and O–H groups in total. The number of likely N-dealkylation sites (N-methyl/N-ethyl adjacent to an activating group) is 2. The lowest BCUT2D eigenvalue weighted by Crippen LogP contribution is -2.24. The summed E-state index contributed by atoms with van der Waals surface area (Å²) in [5, 5.41) is 10.1. The predicted octanol–water partition coefficient (Wildman–Crippen LogP) is 4.39. The fourth-order valence-corrected chi connectivity index (χ4v) is 4.32. The zero-order chi connectivity index (χ0) is 28.2. The van der Waals surface area contributed by atoms with Gasteiger partial charge in [0.05, 0.1) is 11.6 Å². The van der Waals surface area contributed by atoms with Crippen molar-refractivity contribution in [1.29, 1.82) is 5.26 Å². The van der Waals surface area contributed by atoms with Crippen LogP contribution in [0.25, 0.3) is 33.3 Å². The van der Waals surface area contributed by atoms with E-state index in [0.29, 0.717) is 28.8 Å². The van der Waals surface area contributed by atoms with Crippen molar-refractivity contribution in [3.63, 3.8) is 0 Å². The number of hydrogen-bond acceptors (Lipinski definition) is 6. The third-order valence-corrected chi connectivity index (χ3v) is 6.46. The van der Waals surface area contributed by atoms with Crippen LogP contribution in [0.4, 0.5) is 5.69 Å². The molecule has 4 rings (SSSR count). The van der Waals surface area contributed by atoms with Crippen LogP contribution >= 0.6 is 7.82 Å². The zero-order valence-electron chi connectivity index (χ0n) is 21.7. The minimum atomic E-state index is -4.71. The average molecular weight is 546 g/mol. The molecule has 0 aliphatic heterocycles. The molecule has 0 aliphatic carbocycles. The zero-order valence-corrected chi connectivity index (χ0v) is 22.6. The molecule has 1 amide bonds. The van der Waals surface area contributed by atoms with Gasteiger partial charge < -0.3 is 24.2 Å². The number of hydrogen-bond donors (Lipinski definition) is 2. The SMILES string of the molecule is CN(C)C/C=C/C(=O)N(C)c1cccc(-c2cnc3c(c2)c(-c2cccc(C#N)c2)cn3COP(=O)(O)O)c1. The lowest BCUT2D eigenvalue weighted by Gasteiger charge is -2.17. The third-order valence-electron chi connectivity index (χ3n) is 6.01. The number of pyridine rings is 1. The Labute approximate surface area is 226 Å². The number of phosphoric ester groups is 1. The molecule has 0 spiro atoms. The molecule has 0 bridgehead atoms. The molecule has 2 heterocycles. The Morgan fingerprint density at radius 3 is 2.56 bits per heavy atom. The van der Waals surface area contributed by atoms with E-state index in [1.54, 1.807) is 48.6 Å². The Morgan fingerprint density at radius 2 is 1.85 bits per heavy atom. The second-order valence-corrected chi connectivity index (χ2v) is 10.4. The third kappa shape index (κ3) is 6.86. The summed E-state index contributed by atoms with van der Waals surface area (Å²) < 4.78 is 17.6. The van der Waals surface area contributed by atoms with Crippen LogP contribution in [0.2, 0.25) is 0 Å². The summed E-state index contributed by atoms with van der Waals surface area (Å²) in [6.07, 6.45) is 6.70. The van der Waals surface area contributed by atoms with Gasteiger partial charge in [-0.3, -0.25) is 9.32 Å². The Bertz CT molecular complexity index is 1630. The summed E-state index contributed by atoms with van der Waals surface area (Å²) in [7, 11) is 0.860. The smallest absolute Gasteiger partial charge is 0.312 e. The normalized spacial score (nSPS) is 11.8.